The number of nitrogens with one attached hydrogen (secondary N) is 1. The summed E-state index contributed by atoms with van der Waals surface area (Å²) >= 11 is 0. The van der Waals surface area contributed by atoms with Crippen LogP contribution < -0.4 is 5.32 Å². The molecule has 0 saturated heterocycles. The molecule has 0 atom stereocenters. The lowest BCUT2D eigenvalue weighted by molar-refractivity contribution is 0.755. The Balaban J connectivity index is 1.88. The number of aryl methyl sites for hydroxylation is 1. The van der Waals surface area contributed by atoms with Crippen LogP contribution >= 0.6 is 0 Å². The molecule has 0 amide bonds. The highest BCUT2D eigenvalue weighted by Gasteiger charge is 2.18. The molecule has 3 heterocycles. The van der Waals surface area contributed by atoms with Gasteiger partial charge in [-0.3, -0.25) is 9.97 Å². The summed E-state index contributed by atoms with van der Waals surface area (Å²) < 4.78 is 0. The van der Waals surface area contributed by atoms with Gasteiger partial charge in [0.05, 0.1) is 16.7 Å². The van der Waals surface area contributed by atoms with E-state index in [2.05, 4.69) is 22.2 Å². The van der Waals surface area contributed by atoms with Crippen LogP contribution in [-0.2, 0) is 19.5 Å². The lowest BCUT2D eigenvalue weighted by Crippen LogP contribution is -2.02. The number of nitrogens with zero attached hydrogens (tertiary/aromatic N) is 4. The van der Waals surface area contributed by atoms with E-state index in [1.54, 1.807) is 12.4 Å². The second-order valence-corrected chi connectivity index (χ2v) is 5.14. The summed E-state index contributed by atoms with van der Waals surface area (Å²) in [5.74, 6) is 0.779. The molecule has 0 saturated carbocycles. The van der Waals surface area contributed by atoms with E-state index in [9.17, 15) is 0 Å². The Hall–Kier alpha value is -2.40. The normalized spacial score (nSPS) is 13.6. The molecular formula is C16H15N5. The van der Waals surface area contributed by atoms with Crippen LogP contribution in [0.5, 0.6) is 0 Å². The summed E-state index contributed by atoms with van der Waals surface area (Å²) in [6, 6.07) is 5.99. The summed E-state index contributed by atoms with van der Waals surface area (Å²) in [7, 11) is 0. The van der Waals surface area contributed by atoms with Crippen molar-refractivity contribution < 1.29 is 0 Å². The van der Waals surface area contributed by atoms with Gasteiger partial charge in [-0.2, -0.15) is 0 Å². The second kappa shape index (κ2) is 4.86. The number of fused-ring (bicyclic) bond motifs is 2. The molecule has 2 aromatic heterocycles. The highest BCUT2D eigenvalue weighted by atomic mass is 15.0. The van der Waals surface area contributed by atoms with Gasteiger partial charge in [-0.25, -0.2) is 9.97 Å². The maximum atomic E-state index is 4.74. The van der Waals surface area contributed by atoms with Crippen molar-refractivity contribution in [2.24, 2.45) is 0 Å². The number of aromatic nitrogens is 4. The summed E-state index contributed by atoms with van der Waals surface area (Å²) in [6.07, 6.45) is 4.33. The quantitative estimate of drug-likeness (QED) is 0.778. The first kappa shape index (κ1) is 12.3. The molecule has 1 N–H and O–H groups in total. The minimum Gasteiger partial charge on any atom is -0.307 e. The average molecular weight is 277 g/mol. The van der Waals surface area contributed by atoms with Gasteiger partial charge in [-0.15, -0.1) is 0 Å². The van der Waals surface area contributed by atoms with E-state index in [-0.39, 0.29) is 0 Å². The van der Waals surface area contributed by atoms with Gasteiger partial charge in [0.2, 0.25) is 0 Å². The average Bonchev–Trinajstić information content (AvgIpc) is 3.02. The zero-order chi connectivity index (χ0) is 14.2. The fraction of sp³-hybridized carbons (Fsp3) is 0.250. The van der Waals surface area contributed by atoms with Crippen molar-refractivity contribution in [3.63, 3.8) is 0 Å². The summed E-state index contributed by atoms with van der Waals surface area (Å²) in [6.45, 7) is 3.84. The number of hydrogen-bond donors (Lipinski definition) is 1. The fourth-order valence-corrected chi connectivity index (χ4v) is 2.76. The van der Waals surface area contributed by atoms with Crippen molar-refractivity contribution in [3.8, 4) is 11.4 Å². The van der Waals surface area contributed by atoms with Crippen molar-refractivity contribution in [2.75, 3.05) is 0 Å². The summed E-state index contributed by atoms with van der Waals surface area (Å²) in [4.78, 5) is 18.1. The Labute approximate surface area is 122 Å². The van der Waals surface area contributed by atoms with E-state index in [1.807, 2.05) is 18.2 Å². The minimum atomic E-state index is 0.779. The molecule has 0 bridgehead atoms. The van der Waals surface area contributed by atoms with Gasteiger partial charge < -0.3 is 5.32 Å². The lowest BCUT2D eigenvalue weighted by Gasteiger charge is -2.08. The van der Waals surface area contributed by atoms with E-state index in [4.69, 9.17) is 9.97 Å². The van der Waals surface area contributed by atoms with E-state index >= 15 is 0 Å². The van der Waals surface area contributed by atoms with Crippen molar-refractivity contribution in [1.29, 1.82) is 0 Å². The predicted molar refractivity (Wildman–Crippen MR) is 80.5 cm³/mol. The zero-order valence-corrected chi connectivity index (χ0v) is 11.8. The Bertz CT molecular complexity index is 828. The van der Waals surface area contributed by atoms with Crippen LogP contribution in [0, 0.1) is 0 Å². The zero-order valence-electron chi connectivity index (χ0n) is 11.8. The molecule has 4 rings (SSSR count). The topological polar surface area (TPSA) is 63.6 Å². The van der Waals surface area contributed by atoms with Gasteiger partial charge in [-0.05, 0) is 24.6 Å². The smallest absolute Gasteiger partial charge is 0.159 e. The molecule has 1 aromatic carbocycles. The van der Waals surface area contributed by atoms with Gasteiger partial charge in [0.25, 0.3) is 0 Å². The van der Waals surface area contributed by atoms with Crippen LogP contribution in [0.1, 0.15) is 23.9 Å². The van der Waals surface area contributed by atoms with Gasteiger partial charge >= 0.3 is 0 Å². The van der Waals surface area contributed by atoms with Crippen LogP contribution in [0.3, 0.4) is 0 Å². The molecule has 1 aliphatic heterocycles. The number of benzene rings is 1. The molecule has 5 heteroatoms. The van der Waals surface area contributed by atoms with Crippen LogP contribution in [0.15, 0.2) is 30.6 Å². The molecule has 0 radical (unpaired) electrons. The van der Waals surface area contributed by atoms with Gasteiger partial charge in [-0.1, -0.05) is 6.92 Å². The third-order valence-corrected chi connectivity index (χ3v) is 3.84. The number of hydrogen-bond acceptors (Lipinski definition) is 5. The first-order valence-electron chi connectivity index (χ1n) is 7.15. The Morgan fingerprint density at radius 3 is 2.76 bits per heavy atom. The van der Waals surface area contributed by atoms with E-state index in [0.717, 1.165) is 53.3 Å². The SMILES string of the molecule is CCc1nc(-c2ccc3nccnc3c2)nc2c1CNC2. The van der Waals surface area contributed by atoms with E-state index in [1.165, 1.54) is 5.56 Å². The fourth-order valence-electron chi connectivity index (χ4n) is 2.76. The summed E-state index contributed by atoms with van der Waals surface area (Å²) in [5, 5.41) is 3.35. The highest BCUT2D eigenvalue weighted by Crippen LogP contribution is 2.24. The van der Waals surface area contributed by atoms with Crippen molar-refractivity contribution in [3.05, 3.63) is 47.5 Å². The summed E-state index contributed by atoms with van der Waals surface area (Å²) in [5.41, 5.74) is 6.28. The van der Waals surface area contributed by atoms with Crippen LogP contribution in [0.25, 0.3) is 22.4 Å². The van der Waals surface area contributed by atoms with Crippen LogP contribution in [0.4, 0.5) is 0 Å². The predicted octanol–water partition coefficient (Wildman–Crippen LogP) is 2.25. The molecule has 0 spiro atoms. The molecule has 21 heavy (non-hydrogen) atoms. The van der Waals surface area contributed by atoms with Gasteiger partial charge in [0.1, 0.15) is 0 Å². The van der Waals surface area contributed by atoms with E-state index in [0.29, 0.717) is 0 Å². The van der Waals surface area contributed by atoms with E-state index < -0.39 is 0 Å². The maximum Gasteiger partial charge on any atom is 0.159 e. The van der Waals surface area contributed by atoms with Crippen molar-refractivity contribution in [1.82, 2.24) is 25.3 Å². The van der Waals surface area contributed by atoms with Crippen molar-refractivity contribution in [2.45, 2.75) is 26.4 Å². The van der Waals surface area contributed by atoms with Crippen molar-refractivity contribution >= 4 is 11.0 Å². The van der Waals surface area contributed by atoms with Crippen LogP contribution in [0.2, 0.25) is 0 Å². The molecule has 0 fully saturated rings. The molecule has 3 aromatic rings. The lowest BCUT2D eigenvalue weighted by atomic mass is 10.1. The minimum absolute atomic E-state index is 0.779. The Morgan fingerprint density at radius 1 is 1.05 bits per heavy atom. The maximum absolute atomic E-state index is 4.74. The third kappa shape index (κ3) is 2.06. The molecule has 0 unspecified atom stereocenters. The molecular weight excluding hydrogens is 262 g/mol. The Kier molecular flexibility index (Phi) is 2.86. The third-order valence-electron chi connectivity index (χ3n) is 3.84. The highest BCUT2D eigenvalue weighted by molar-refractivity contribution is 5.79. The molecule has 0 aliphatic carbocycles. The first-order valence-corrected chi connectivity index (χ1v) is 7.15. The molecule has 104 valence electrons. The van der Waals surface area contributed by atoms with Gasteiger partial charge in [0, 0.05) is 42.3 Å². The van der Waals surface area contributed by atoms with Gasteiger partial charge in [0.15, 0.2) is 5.82 Å². The second-order valence-electron chi connectivity index (χ2n) is 5.14. The largest absolute Gasteiger partial charge is 0.307 e. The Morgan fingerprint density at radius 2 is 1.90 bits per heavy atom. The number of rotatable bonds is 2. The van der Waals surface area contributed by atoms with Crippen LogP contribution in [-0.4, -0.2) is 19.9 Å². The standard InChI is InChI=1S/C16H15N5/c1-2-12-11-8-17-9-15(11)21-16(20-12)10-3-4-13-14(7-10)19-6-5-18-13/h3-7,17H,2,8-9H2,1H3. The monoisotopic (exact) mass is 277 g/mol. The molecule has 5 nitrogen and oxygen atoms in total. The first-order chi connectivity index (χ1) is 10.3. The molecule has 1 aliphatic rings.